The van der Waals surface area contributed by atoms with Crippen LogP contribution < -0.4 is 19.5 Å². The van der Waals surface area contributed by atoms with Crippen LogP contribution in [0.1, 0.15) is 32.3 Å². The quantitative estimate of drug-likeness (QED) is 0.520. The Labute approximate surface area is 185 Å². The molecule has 2 aromatic carbocycles. The topological polar surface area (TPSA) is 93.7 Å². The van der Waals surface area contributed by atoms with Gasteiger partial charge in [-0.25, -0.2) is 13.1 Å². The summed E-state index contributed by atoms with van der Waals surface area (Å²) in [5, 5.41) is 2.77. The van der Waals surface area contributed by atoms with Crippen LogP contribution in [0, 0.1) is 0 Å². The predicted molar refractivity (Wildman–Crippen MR) is 119 cm³/mol. The van der Waals surface area contributed by atoms with E-state index in [1.54, 1.807) is 24.3 Å². The number of hydrogen-bond acceptors (Lipinski definition) is 5. The molecule has 9 heteroatoms. The number of nitrogens with one attached hydrogen (secondary N) is 2. The maximum Gasteiger partial charge on any atom is 0.240 e. The number of amides is 1. The van der Waals surface area contributed by atoms with Crippen molar-refractivity contribution < 1.29 is 22.7 Å². The molecule has 1 saturated carbocycles. The van der Waals surface area contributed by atoms with Crippen molar-refractivity contribution in [1.82, 2.24) is 4.72 Å². The van der Waals surface area contributed by atoms with Crippen molar-refractivity contribution in [3.63, 3.8) is 0 Å². The second-order valence-electron chi connectivity index (χ2n) is 6.90. The molecule has 0 spiro atoms. The number of carbonyl (C=O) groups excluding carboxylic acids is 1. The summed E-state index contributed by atoms with van der Waals surface area (Å²) in [6.45, 7) is 4.74. The molecule has 1 fully saturated rings. The molecule has 0 radical (unpaired) electrons. The van der Waals surface area contributed by atoms with Crippen molar-refractivity contribution in [3.05, 3.63) is 46.4 Å². The molecular formula is C21H25BrN2O5S. The average Bonchev–Trinajstić information content (AvgIpc) is 3.49. The fourth-order valence-corrected chi connectivity index (χ4v) is 4.67. The van der Waals surface area contributed by atoms with E-state index in [4.69, 9.17) is 9.47 Å². The van der Waals surface area contributed by atoms with Gasteiger partial charge in [-0.1, -0.05) is 22.0 Å². The first-order valence-corrected chi connectivity index (χ1v) is 12.1. The molecule has 1 aliphatic rings. The molecule has 0 saturated heterocycles. The highest BCUT2D eigenvalue weighted by atomic mass is 79.9. The van der Waals surface area contributed by atoms with E-state index in [9.17, 15) is 13.2 Å². The Morgan fingerprint density at radius 3 is 2.40 bits per heavy atom. The van der Waals surface area contributed by atoms with E-state index >= 15 is 0 Å². The van der Waals surface area contributed by atoms with Gasteiger partial charge in [0.2, 0.25) is 15.9 Å². The van der Waals surface area contributed by atoms with E-state index in [0.29, 0.717) is 30.4 Å². The average molecular weight is 497 g/mol. The number of halogens is 1. The highest BCUT2D eigenvalue weighted by molar-refractivity contribution is 9.10. The third-order valence-electron chi connectivity index (χ3n) is 4.39. The van der Waals surface area contributed by atoms with E-state index < -0.39 is 10.0 Å². The molecule has 2 aromatic rings. The molecular weight excluding hydrogens is 472 g/mol. The minimum Gasteiger partial charge on any atom is -0.490 e. The second kappa shape index (κ2) is 9.80. The molecule has 7 nitrogen and oxygen atoms in total. The Morgan fingerprint density at radius 2 is 1.77 bits per heavy atom. The smallest absolute Gasteiger partial charge is 0.240 e. The van der Waals surface area contributed by atoms with E-state index in [1.807, 2.05) is 13.8 Å². The van der Waals surface area contributed by atoms with Crippen molar-refractivity contribution in [1.29, 1.82) is 0 Å². The monoisotopic (exact) mass is 496 g/mol. The van der Waals surface area contributed by atoms with Crippen LogP contribution in [0.2, 0.25) is 0 Å². The first kappa shape index (κ1) is 22.6. The van der Waals surface area contributed by atoms with Gasteiger partial charge in [-0.2, -0.15) is 0 Å². The Bertz CT molecular complexity index is 1020. The summed E-state index contributed by atoms with van der Waals surface area (Å²) in [6.07, 6.45) is 1.80. The normalized spacial score (nSPS) is 13.7. The number of rotatable bonds is 10. The van der Waals surface area contributed by atoms with Crippen LogP contribution in [0.5, 0.6) is 11.5 Å². The van der Waals surface area contributed by atoms with Gasteiger partial charge in [-0.05, 0) is 62.6 Å². The van der Waals surface area contributed by atoms with Gasteiger partial charge in [0, 0.05) is 16.2 Å². The van der Waals surface area contributed by atoms with Crippen LogP contribution in [-0.4, -0.2) is 33.6 Å². The van der Waals surface area contributed by atoms with E-state index in [1.165, 1.54) is 12.1 Å². The maximum atomic E-state index is 12.6. The summed E-state index contributed by atoms with van der Waals surface area (Å²) >= 11 is 3.48. The van der Waals surface area contributed by atoms with Crippen molar-refractivity contribution in [2.24, 2.45) is 0 Å². The summed E-state index contributed by atoms with van der Waals surface area (Å²) in [5.74, 6) is 0.910. The van der Waals surface area contributed by atoms with Crippen molar-refractivity contribution in [2.75, 3.05) is 18.5 Å². The van der Waals surface area contributed by atoms with E-state index in [0.717, 1.165) is 22.9 Å². The third-order valence-corrected chi connectivity index (χ3v) is 6.65. The van der Waals surface area contributed by atoms with Crippen LogP contribution >= 0.6 is 15.9 Å². The van der Waals surface area contributed by atoms with Crippen LogP contribution in [0.25, 0.3) is 0 Å². The molecule has 0 aliphatic heterocycles. The van der Waals surface area contributed by atoms with Crippen LogP contribution in [0.3, 0.4) is 0 Å². The summed E-state index contributed by atoms with van der Waals surface area (Å²) in [4.78, 5) is 12.7. The lowest BCUT2D eigenvalue weighted by atomic mass is 10.1. The zero-order valence-electron chi connectivity index (χ0n) is 16.9. The summed E-state index contributed by atoms with van der Waals surface area (Å²) < 4.78 is 39.3. The van der Waals surface area contributed by atoms with Gasteiger partial charge < -0.3 is 14.8 Å². The number of ether oxygens (including phenoxy) is 2. The number of anilines is 1. The molecule has 0 bridgehead atoms. The Kier molecular flexibility index (Phi) is 7.38. The second-order valence-corrected chi connectivity index (χ2v) is 9.47. The lowest BCUT2D eigenvalue weighted by Gasteiger charge is -2.14. The van der Waals surface area contributed by atoms with Crippen LogP contribution in [0.4, 0.5) is 5.69 Å². The summed E-state index contributed by atoms with van der Waals surface area (Å²) in [6, 6.07) is 9.82. The molecule has 0 heterocycles. The summed E-state index contributed by atoms with van der Waals surface area (Å²) in [7, 11) is -3.58. The van der Waals surface area contributed by atoms with Gasteiger partial charge in [0.05, 0.1) is 24.5 Å². The fourth-order valence-electron chi connectivity index (χ4n) is 2.86. The van der Waals surface area contributed by atoms with E-state index in [2.05, 4.69) is 26.0 Å². The number of carbonyl (C=O) groups is 1. The highest BCUT2D eigenvalue weighted by Crippen LogP contribution is 2.34. The third kappa shape index (κ3) is 5.96. The van der Waals surface area contributed by atoms with Crippen molar-refractivity contribution in [3.8, 4) is 11.5 Å². The SMILES string of the molecule is CCOc1cc(Br)c(CC(=O)Nc2cccc(S(=O)(=O)NC3CC3)c2)cc1OCC. The number of hydrogen-bond donors (Lipinski definition) is 2. The number of sulfonamides is 1. The standard InChI is InChI=1S/C21H25BrN2O5S/c1-3-28-19-10-14(18(22)13-20(19)29-4-2)11-21(25)23-16-6-5-7-17(12-16)30(26,27)24-15-8-9-15/h5-7,10,12-13,15,24H,3-4,8-9,11H2,1-2H3,(H,23,25). The lowest BCUT2D eigenvalue weighted by Crippen LogP contribution is -2.25. The van der Waals surface area contributed by atoms with Crippen molar-refractivity contribution in [2.45, 2.75) is 44.0 Å². The molecule has 1 aliphatic carbocycles. The number of benzene rings is 2. The largest absolute Gasteiger partial charge is 0.490 e. The van der Waals surface area contributed by atoms with Gasteiger partial charge in [0.15, 0.2) is 11.5 Å². The first-order chi connectivity index (χ1) is 14.3. The molecule has 1 amide bonds. The fraction of sp³-hybridized carbons (Fsp3) is 0.381. The first-order valence-electron chi connectivity index (χ1n) is 9.82. The molecule has 3 rings (SSSR count). The Morgan fingerprint density at radius 1 is 1.10 bits per heavy atom. The molecule has 2 N–H and O–H groups in total. The molecule has 0 atom stereocenters. The van der Waals surface area contributed by atoms with Gasteiger partial charge in [0.25, 0.3) is 0 Å². The molecule has 0 aromatic heterocycles. The minimum absolute atomic E-state index is 0.0183. The minimum atomic E-state index is -3.58. The zero-order chi connectivity index (χ0) is 21.7. The highest BCUT2D eigenvalue weighted by Gasteiger charge is 2.28. The Balaban J connectivity index is 1.72. The Hall–Kier alpha value is -2.10. The van der Waals surface area contributed by atoms with Gasteiger partial charge in [-0.15, -0.1) is 0 Å². The van der Waals surface area contributed by atoms with Crippen LogP contribution in [-0.2, 0) is 21.2 Å². The molecule has 30 heavy (non-hydrogen) atoms. The van der Waals surface area contributed by atoms with Gasteiger partial charge in [0.1, 0.15) is 0 Å². The lowest BCUT2D eigenvalue weighted by molar-refractivity contribution is -0.115. The van der Waals surface area contributed by atoms with Gasteiger partial charge >= 0.3 is 0 Å². The van der Waals surface area contributed by atoms with Gasteiger partial charge in [-0.3, -0.25) is 4.79 Å². The van der Waals surface area contributed by atoms with Crippen molar-refractivity contribution >= 4 is 37.5 Å². The van der Waals surface area contributed by atoms with Crippen LogP contribution in [0.15, 0.2) is 45.8 Å². The molecule has 162 valence electrons. The van der Waals surface area contributed by atoms with E-state index in [-0.39, 0.29) is 23.3 Å². The summed E-state index contributed by atoms with van der Waals surface area (Å²) in [5.41, 5.74) is 1.16. The molecule has 0 unspecified atom stereocenters. The maximum absolute atomic E-state index is 12.6. The predicted octanol–water partition coefficient (Wildman–Crippen LogP) is 3.87. The zero-order valence-corrected chi connectivity index (χ0v) is 19.3.